The van der Waals surface area contributed by atoms with E-state index in [1.807, 2.05) is 12.1 Å². The Bertz CT molecular complexity index is 1170. The molecule has 2 aromatic carbocycles. The maximum atomic E-state index is 5.32. The number of hydrogen-bond donors (Lipinski definition) is 1. The van der Waals surface area contributed by atoms with Crippen molar-refractivity contribution in [2.45, 2.75) is 51.5 Å². The number of H-pyrrole nitrogens is 1. The molecule has 1 fully saturated rings. The normalized spacial score (nSPS) is 23.4. The summed E-state index contributed by atoms with van der Waals surface area (Å²) in [5.74, 6) is 2.21. The van der Waals surface area contributed by atoms with E-state index in [1.165, 1.54) is 22.4 Å². The maximum absolute atomic E-state index is 5.32. The monoisotopic (exact) mass is 412 g/mol. The number of benzene rings is 2. The standard InChI is InChI=1S/C27H30N3O/c1-18-9-14-24-25(19(18)2)29-26(28-24)27(3)15-6-16-30(27)22-8-5-7-21(17-22)20-10-12-23(31-4)13-11-20/h5,8-14,21H,6-7,15-16H2,1-4H3,(H,28,29)/t21?,27-/m0/s1. The first-order chi connectivity index (χ1) is 15.0. The molecule has 4 heteroatoms. The number of imidazole rings is 1. The van der Waals surface area contributed by atoms with E-state index in [1.54, 1.807) is 7.11 Å². The second-order valence-electron chi connectivity index (χ2n) is 9.01. The molecule has 3 aromatic rings. The van der Waals surface area contributed by atoms with Gasteiger partial charge in [-0.25, -0.2) is 4.98 Å². The van der Waals surface area contributed by atoms with Crippen LogP contribution in [0.15, 0.2) is 54.2 Å². The van der Waals surface area contributed by atoms with Crippen molar-refractivity contribution in [1.29, 1.82) is 0 Å². The van der Waals surface area contributed by atoms with Crippen LogP contribution in [0.3, 0.4) is 0 Å². The van der Waals surface area contributed by atoms with E-state index in [9.17, 15) is 0 Å². The number of aromatic amines is 1. The number of allylic oxidation sites excluding steroid dienone is 3. The SMILES string of the molecule is COc1ccc(C2[C]=C(N3CCC[C@@]3(C)c3nc4c(C)c(C)ccc4[nH]3)C=CC2)cc1. The minimum absolute atomic E-state index is 0.159. The minimum atomic E-state index is -0.159. The fourth-order valence-corrected chi connectivity index (χ4v) is 4.99. The molecule has 0 amide bonds. The zero-order valence-electron chi connectivity index (χ0n) is 18.8. The number of fused-ring (bicyclic) bond motifs is 1. The van der Waals surface area contributed by atoms with Gasteiger partial charge in [-0.1, -0.05) is 24.3 Å². The van der Waals surface area contributed by atoms with Crippen LogP contribution >= 0.6 is 0 Å². The summed E-state index contributed by atoms with van der Waals surface area (Å²) < 4.78 is 5.32. The van der Waals surface area contributed by atoms with Crippen molar-refractivity contribution in [3.63, 3.8) is 0 Å². The summed E-state index contributed by atoms with van der Waals surface area (Å²) in [7, 11) is 1.71. The molecule has 159 valence electrons. The molecule has 1 radical (unpaired) electrons. The van der Waals surface area contributed by atoms with Gasteiger partial charge in [-0.2, -0.15) is 0 Å². The highest BCUT2D eigenvalue weighted by Gasteiger charge is 2.42. The van der Waals surface area contributed by atoms with E-state index in [0.717, 1.165) is 48.4 Å². The molecular weight excluding hydrogens is 382 g/mol. The van der Waals surface area contributed by atoms with Crippen molar-refractivity contribution in [3.05, 3.63) is 82.8 Å². The Morgan fingerprint density at radius 2 is 1.97 bits per heavy atom. The van der Waals surface area contributed by atoms with Crippen molar-refractivity contribution in [2.75, 3.05) is 13.7 Å². The number of aromatic nitrogens is 2. The van der Waals surface area contributed by atoms with Crippen LogP contribution in [0.2, 0.25) is 0 Å². The van der Waals surface area contributed by atoms with Crippen LogP contribution in [-0.4, -0.2) is 28.5 Å². The lowest BCUT2D eigenvalue weighted by Gasteiger charge is -2.37. The molecule has 1 N–H and O–H groups in total. The highest BCUT2D eigenvalue weighted by atomic mass is 16.5. The van der Waals surface area contributed by atoms with Gasteiger partial charge in [0.15, 0.2) is 0 Å². The maximum Gasteiger partial charge on any atom is 0.132 e. The Morgan fingerprint density at radius 1 is 1.16 bits per heavy atom. The van der Waals surface area contributed by atoms with Crippen LogP contribution in [0.25, 0.3) is 11.0 Å². The second kappa shape index (κ2) is 7.60. The van der Waals surface area contributed by atoms with Crippen molar-refractivity contribution in [2.24, 2.45) is 0 Å². The van der Waals surface area contributed by atoms with E-state index in [2.05, 4.69) is 73.1 Å². The third kappa shape index (κ3) is 3.34. The highest BCUT2D eigenvalue weighted by molar-refractivity contribution is 5.80. The summed E-state index contributed by atoms with van der Waals surface area (Å²) in [5, 5.41) is 0. The zero-order chi connectivity index (χ0) is 21.6. The van der Waals surface area contributed by atoms with Crippen molar-refractivity contribution >= 4 is 11.0 Å². The first kappa shape index (κ1) is 19.9. The van der Waals surface area contributed by atoms with Crippen LogP contribution in [0, 0.1) is 19.9 Å². The largest absolute Gasteiger partial charge is 0.497 e. The number of nitrogens with one attached hydrogen (secondary N) is 1. The summed E-state index contributed by atoms with van der Waals surface area (Å²) in [5.41, 5.74) is 7.06. The van der Waals surface area contributed by atoms with E-state index in [4.69, 9.17) is 9.72 Å². The fourth-order valence-electron chi connectivity index (χ4n) is 4.99. The van der Waals surface area contributed by atoms with Gasteiger partial charge in [-0.05, 0) is 87.1 Å². The summed E-state index contributed by atoms with van der Waals surface area (Å²) in [6, 6.07) is 12.7. The molecule has 1 aromatic heterocycles. The van der Waals surface area contributed by atoms with Crippen LogP contribution in [0.5, 0.6) is 5.75 Å². The highest BCUT2D eigenvalue weighted by Crippen LogP contribution is 2.42. The van der Waals surface area contributed by atoms with Gasteiger partial charge < -0.3 is 14.6 Å². The third-order valence-electron chi connectivity index (χ3n) is 7.11. The molecule has 1 aliphatic heterocycles. The minimum Gasteiger partial charge on any atom is -0.497 e. The van der Waals surface area contributed by atoms with Gasteiger partial charge in [0.05, 0.1) is 23.7 Å². The smallest absolute Gasteiger partial charge is 0.132 e. The summed E-state index contributed by atoms with van der Waals surface area (Å²) in [6.45, 7) is 7.66. The number of ether oxygens (including phenoxy) is 1. The summed E-state index contributed by atoms with van der Waals surface area (Å²) in [4.78, 5) is 11.2. The van der Waals surface area contributed by atoms with Crippen molar-refractivity contribution in [3.8, 4) is 5.75 Å². The van der Waals surface area contributed by atoms with Gasteiger partial charge in [-0.15, -0.1) is 0 Å². The van der Waals surface area contributed by atoms with Gasteiger partial charge in [0, 0.05) is 18.2 Å². The average Bonchev–Trinajstić information content (AvgIpc) is 3.42. The van der Waals surface area contributed by atoms with Gasteiger partial charge in [0.1, 0.15) is 11.6 Å². The molecule has 1 aliphatic carbocycles. The predicted molar refractivity (Wildman–Crippen MR) is 125 cm³/mol. The van der Waals surface area contributed by atoms with Crippen molar-refractivity contribution in [1.82, 2.24) is 14.9 Å². The van der Waals surface area contributed by atoms with Crippen LogP contribution in [-0.2, 0) is 5.54 Å². The van der Waals surface area contributed by atoms with Crippen LogP contribution in [0.4, 0.5) is 0 Å². The van der Waals surface area contributed by atoms with Gasteiger partial charge in [0.25, 0.3) is 0 Å². The third-order valence-corrected chi connectivity index (χ3v) is 7.11. The first-order valence-electron chi connectivity index (χ1n) is 11.2. The van der Waals surface area contributed by atoms with Gasteiger partial charge >= 0.3 is 0 Å². The second-order valence-corrected chi connectivity index (χ2v) is 9.01. The van der Waals surface area contributed by atoms with E-state index in [-0.39, 0.29) is 11.5 Å². The number of aryl methyl sites for hydroxylation is 2. The predicted octanol–water partition coefficient (Wildman–Crippen LogP) is 5.93. The molecule has 5 rings (SSSR count). The molecule has 0 spiro atoms. The molecule has 0 bridgehead atoms. The number of hydrogen-bond acceptors (Lipinski definition) is 3. The van der Waals surface area contributed by atoms with Crippen LogP contribution in [0.1, 0.15) is 54.6 Å². The molecule has 4 nitrogen and oxygen atoms in total. The van der Waals surface area contributed by atoms with E-state index < -0.39 is 0 Å². The van der Waals surface area contributed by atoms with Gasteiger partial charge in [-0.3, -0.25) is 0 Å². The average molecular weight is 413 g/mol. The Hall–Kier alpha value is -3.01. The van der Waals surface area contributed by atoms with Crippen molar-refractivity contribution < 1.29 is 4.74 Å². The number of likely N-dealkylation sites (tertiary alicyclic amines) is 1. The van der Waals surface area contributed by atoms with E-state index in [0.29, 0.717) is 0 Å². The Balaban J connectivity index is 1.49. The Kier molecular flexibility index (Phi) is 4.88. The number of nitrogens with zero attached hydrogens (tertiary/aromatic N) is 2. The van der Waals surface area contributed by atoms with Crippen LogP contribution < -0.4 is 4.74 Å². The Morgan fingerprint density at radius 3 is 2.74 bits per heavy atom. The molecular formula is C27H30N3O. The number of rotatable bonds is 4. The topological polar surface area (TPSA) is 41.1 Å². The molecule has 31 heavy (non-hydrogen) atoms. The zero-order valence-corrected chi connectivity index (χ0v) is 18.8. The number of methoxy groups -OCH3 is 1. The first-order valence-corrected chi connectivity index (χ1v) is 11.2. The summed E-state index contributed by atoms with van der Waals surface area (Å²) >= 11 is 0. The lowest BCUT2D eigenvalue weighted by atomic mass is 9.90. The fraction of sp³-hybridized carbons (Fsp3) is 0.370. The lowest BCUT2D eigenvalue weighted by molar-refractivity contribution is 0.199. The molecule has 2 aliphatic rings. The molecule has 2 heterocycles. The molecule has 0 saturated carbocycles. The molecule has 2 atom stereocenters. The Labute approximate surface area is 184 Å². The molecule has 1 unspecified atom stereocenters. The lowest BCUT2D eigenvalue weighted by Crippen LogP contribution is -2.39. The summed E-state index contributed by atoms with van der Waals surface area (Å²) in [6.07, 6.45) is 11.5. The molecule has 1 saturated heterocycles. The quantitative estimate of drug-likeness (QED) is 0.577. The van der Waals surface area contributed by atoms with Gasteiger partial charge in [0.2, 0.25) is 0 Å². The van der Waals surface area contributed by atoms with E-state index >= 15 is 0 Å².